The Morgan fingerprint density at radius 2 is 1.90 bits per heavy atom. The first-order chi connectivity index (χ1) is 9.79. The van der Waals surface area contributed by atoms with Crippen LogP contribution in [0.4, 0.5) is 5.69 Å². The molecule has 0 spiro atoms. The molecule has 0 saturated carbocycles. The Bertz CT molecular complexity index is 434. The number of hydrogen-bond donors (Lipinski definition) is 2. The highest BCUT2D eigenvalue weighted by Gasteiger charge is 2.40. The Balaban J connectivity index is 1.80. The van der Waals surface area contributed by atoms with E-state index in [2.05, 4.69) is 41.4 Å². The van der Waals surface area contributed by atoms with Crippen molar-refractivity contribution in [2.24, 2.45) is 0 Å². The van der Waals surface area contributed by atoms with Crippen LogP contribution >= 0.6 is 0 Å². The molecular formula is C17H26N2O. The average molecular weight is 274 g/mol. The van der Waals surface area contributed by atoms with Crippen molar-refractivity contribution in [3.8, 4) is 0 Å². The van der Waals surface area contributed by atoms with Crippen molar-refractivity contribution in [1.29, 1.82) is 0 Å². The van der Waals surface area contributed by atoms with E-state index in [-0.39, 0.29) is 6.10 Å². The molecule has 2 N–H and O–H groups in total. The van der Waals surface area contributed by atoms with Gasteiger partial charge in [-0.25, -0.2) is 0 Å². The van der Waals surface area contributed by atoms with Crippen molar-refractivity contribution >= 4 is 5.69 Å². The quantitative estimate of drug-likeness (QED) is 0.810. The van der Waals surface area contributed by atoms with Gasteiger partial charge in [0.25, 0.3) is 0 Å². The molecule has 2 unspecified atom stereocenters. The van der Waals surface area contributed by atoms with Crippen LogP contribution in [0.2, 0.25) is 0 Å². The van der Waals surface area contributed by atoms with Crippen molar-refractivity contribution < 1.29 is 5.11 Å². The molecule has 2 aliphatic rings. The predicted octanol–water partition coefficient (Wildman–Crippen LogP) is 2.68. The van der Waals surface area contributed by atoms with E-state index in [0.29, 0.717) is 12.1 Å². The van der Waals surface area contributed by atoms with E-state index in [1.54, 1.807) is 0 Å². The summed E-state index contributed by atoms with van der Waals surface area (Å²) < 4.78 is 0. The Morgan fingerprint density at radius 3 is 2.60 bits per heavy atom. The molecule has 110 valence electrons. The fraction of sp³-hybridized carbons (Fsp3) is 0.647. The molecule has 0 amide bonds. The second kappa shape index (κ2) is 6.15. The standard InChI is InChI=1S/C17H26N2O/c1-2-9-18-12-13-5-3-4-6-17(13)19-14-7-8-15(19)11-16(20)10-14/h3-6,14-16,18,20H,2,7-12H2,1H3. The molecule has 2 atom stereocenters. The fourth-order valence-corrected chi connectivity index (χ4v) is 3.85. The SMILES string of the molecule is CCCNCc1ccccc1N1C2CCC1CC(O)C2. The topological polar surface area (TPSA) is 35.5 Å². The summed E-state index contributed by atoms with van der Waals surface area (Å²) in [6, 6.07) is 9.84. The summed E-state index contributed by atoms with van der Waals surface area (Å²) in [6.45, 7) is 4.22. The number of rotatable bonds is 5. The van der Waals surface area contributed by atoms with E-state index in [1.165, 1.54) is 30.5 Å². The van der Waals surface area contributed by atoms with Gasteiger partial charge in [0.05, 0.1) is 6.10 Å². The highest BCUT2D eigenvalue weighted by molar-refractivity contribution is 5.56. The van der Waals surface area contributed by atoms with Crippen LogP contribution in [0.3, 0.4) is 0 Å². The molecule has 2 saturated heterocycles. The highest BCUT2D eigenvalue weighted by Crippen LogP contribution is 2.40. The lowest BCUT2D eigenvalue weighted by Gasteiger charge is -2.40. The van der Waals surface area contributed by atoms with Gasteiger partial charge in [0.2, 0.25) is 0 Å². The maximum Gasteiger partial charge on any atom is 0.0579 e. The van der Waals surface area contributed by atoms with Gasteiger partial charge in [0, 0.05) is 24.3 Å². The van der Waals surface area contributed by atoms with Crippen LogP contribution in [-0.2, 0) is 6.54 Å². The van der Waals surface area contributed by atoms with Crippen molar-refractivity contribution in [3.63, 3.8) is 0 Å². The second-order valence-electron chi connectivity index (χ2n) is 6.22. The molecule has 3 heteroatoms. The number of nitrogens with zero attached hydrogens (tertiary/aromatic N) is 1. The summed E-state index contributed by atoms with van der Waals surface area (Å²) in [5, 5.41) is 13.5. The number of nitrogens with one attached hydrogen (secondary N) is 1. The molecule has 3 nitrogen and oxygen atoms in total. The van der Waals surface area contributed by atoms with Gasteiger partial charge >= 0.3 is 0 Å². The molecule has 3 rings (SSSR count). The Labute approximate surface area is 122 Å². The monoisotopic (exact) mass is 274 g/mol. The molecule has 2 heterocycles. The Hall–Kier alpha value is -1.06. The van der Waals surface area contributed by atoms with Crippen LogP contribution in [0.15, 0.2) is 24.3 Å². The maximum absolute atomic E-state index is 9.96. The van der Waals surface area contributed by atoms with Crippen LogP contribution in [-0.4, -0.2) is 29.8 Å². The van der Waals surface area contributed by atoms with Crippen molar-refractivity contribution in [2.45, 2.75) is 63.8 Å². The van der Waals surface area contributed by atoms with Gasteiger partial charge in [-0.15, -0.1) is 0 Å². The average Bonchev–Trinajstić information content (AvgIpc) is 2.72. The summed E-state index contributed by atoms with van der Waals surface area (Å²) in [5.74, 6) is 0. The molecular weight excluding hydrogens is 248 g/mol. The zero-order valence-corrected chi connectivity index (χ0v) is 12.4. The fourth-order valence-electron chi connectivity index (χ4n) is 3.85. The van der Waals surface area contributed by atoms with E-state index in [0.717, 1.165) is 25.9 Å². The number of para-hydroxylation sites is 1. The van der Waals surface area contributed by atoms with Crippen LogP contribution in [0.5, 0.6) is 0 Å². The molecule has 1 aromatic rings. The molecule has 0 aromatic heterocycles. The molecule has 20 heavy (non-hydrogen) atoms. The van der Waals surface area contributed by atoms with Gasteiger partial charge in [-0.05, 0) is 50.3 Å². The summed E-state index contributed by atoms with van der Waals surface area (Å²) >= 11 is 0. The number of benzene rings is 1. The van der Waals surface area contributed by atoms with Gasteiger partial charge in [-0.3, -0.25) is 0 Å². The second-order valence-corrected chi connectivity index (χ2v) is 6.22. The number of anilines is 1. The zero-order chi connectivity index (χ0) is 13.9. The lowest BCUT2D eigenvalue weighted by atomic mass is 9.98. The van der Waals surface area contributed by atoms with E-state index in [1.807, 2.05) is 0 Å². The number of piperidine rings is 1. The molecule has 2 fully saturated rings. The first-order valence-corrected chi connectivity index (χ1v) is 8.04. The van der Waals surface area contributed by atoms with E-state index in [9.17, 15) is 5.11 Å². The Kier molecular flexibility index (Phi) is 4.27. The zero-order valence-electron chi connectivity index (χ0n) is 12.4. The van der Waals surface area contributed by atoms with Gasteiger partial charge in [0.15, 0.2) is 0 Å². The summed E-state index contributed by atoms with van der Waals surface area (Å²) in [4.78, 5) is 2.59. The minimum absolute atomic E-state index is 0.0888. The number of aliphatic hydroxyl groups excluding tert-OH is 1. The first-order valence-electron chi connectivity index (χ1n) is 8.04. The van der Waals surface area contributed by atoms with Gasteiger partial charge in [-0.1, -0.05) is 25.1 Å². The molecule has 0 aliphatic carbocycles. The van der Waals surface area contributed by atoms with Gasteiger partial charge in [-0.2, -0.15) is 0 Å². The van der Waals surface area contributed by atoms with Crippen molar-refractivity contribution in [3.05, 3.63) is 29.8 Å². The smallest absolute Gasteiger partial charge is 0.0579 e. The van der Waals surface area contributed by atoms with Crippen LogP contribution < -0.4 is 10.2 Å². The highest BCUT2D eigenvalue weighted by atomic mass is 16.3. The third-order valence-electron chi connectivity index (χ3n) is 4.72. The van der Waals surface area contributed by atoms with Gasteiger partial charge < -0.3 is 15.3 Å². The van der Waals surface area contributed by atoms with E-state index >= 15 is 0 Å². The van der Waals surface area contributed by atoms with E-state index < -0.39 is 0 Å². The lowest BCUT2D eigenvalue weighted by molar-refractivity contribution is 0.126. The molecule has 2 bridgehead atoms. The predicted molar refractivity (Wildman–Crippen MR) is 83.0 cm³/mol. The minimum Gasteiger partial charge on any atom is -0.393 e. The largest absolute Gasteiger partial charge is 0.393 e. The maximum atomic E-state index is 9.96. The third-order valence-corrected chi connectivity index (χ3v) is 4.72. The van der Waals surface area contributed by atoms with Crippen LogP contribution in [0, 0.1) is 0 Å². The number of hydrogen-bond acceptors (Lipinski definition) is 3. The lowest BCUT2D eigenvalue weighted by Crippen LogP contribution is -2.45. The normalized spacial score (nSPS) is 28.9. The summed E-state index contributed by atoms with van der Waals surface area (Å²) in [6.07, 6.45) is 5.43. The van der Waals surface area contributed by atoms with E-state index in [4.69, 9.17) is 0 Å². The van der Waals surface area contributed by atoms with Crippen molar-refractivity contribution in [1.82, 2.24) is 5.32 Å². The summed E-state index contributed by atoms with van der Waals surface area (Å²) in [5.41, 5.74) is 2.78. The van der Waals surface area contributed by atoms with Crippen LogP contribution in [0.1, 0.15) is 44.6 Å². The Morgan fingerprint density at radius 1 is 1.20 bits per heavy atom. The molecule has 0 radical (unpaired) electrons. The first kappa shape index (κ1) is 13.9. The van der Waals surface area contributed by atoms with Crippen LogP contribution in [0.25, 0.3) is 0 Å². The number of fused-ring (bicyclic) bond motifs is 2. The minimum atomic E-state index is -0.0888. The summed E-state index contributed by atoms with van der Waals surface area (Å²) in [7, 11) is 0. The number of aliphatic hydroxyl groups is 1. The van der Waals surface area contributed by atoms with Crippen molar-refractivity contribution in [2.75, 3.05) is 11.4 Å². The molecule has 2 aliphatic heterocycles. The molecule has 1 aromatic carbocycles. The van der Waals surface area contributed by atoms with Gasteiger partial charge in [0.1, 0.15) is 0 Å². The third kappa shape index (κ3) is 2.70.